The van der Waals surface area contributed by atoms with Crippen molar-refractivity contribution in [3.8, 4) is 11.5 Å². The van der Waals surface area contributed by atoms with Crippen molar-refractivity contribution in [2.24, 2.45) is 5.41 Å². The summed E-state index contributed by atoms with van der Waals surface area (Å²) in [6, 6.07) is 4.80. The second-order valence-corrected chi connectivity index (χ2v) is 6.93. The van der Waals surface area contributed by atoms with Crippen molar-refractivity contribution in [3.63, 3.8) is 0 Å². The highest BCUT2D eigenvalue weighted by Gasteiger charge is 2.25. The Hall–Kier alpha value is -1.84. The third-order valence-electron chi connectivity index (χ3n) is 3.72. The third-order valence-corrected chi connectivity index (χ3v) is 3.72. The molecule has 0 unspecified atom stereocenters. The molecule has 0 heterocycles. The van der Waals surface area contributed by atoms with Gasteiger partial charge in [-0.25, -0.2) is 0 Å². The van der Waals surface area contributed by atoms with Crippen molar-refractivity contribution in [2.45, 2.75) is 66.2 Å². The Morgan fingerprint density at radius 3 is 2.43 bits per heavy atom. The fraction of sp³-hybridized carbons (Fsp3) is 0.579. The SMILES string of the molecule is CCCCCCc1ccc(O)cc1OC(=O)CC(=O)C(C)(C)C. The van der Waals surface area contributed by atoms with E-state index in [0.717, 1.165) is 31.2 Å². The molecule has 0 bridgehead atoms. The molecule has 0 aromatic heterocycles. The molecule has 23 heavy (non-hydrogen) atoms. The van der Waals surface area contributed by atoms with E-state index in [-0.39, 0.29) is 18.0 Å². The lowest BCUT2D eigenvalue weighted by molar-refractivity contribution is -0.140. The lowest BCUT2D eigenvalue weighted by Crippen LogP contribution is -2.25. The van der Waals surface area contributed by atoms with Gasteiger partial charge in [-0.15, -0.1) is 0 Å². The molecule has 128 valence electrons. The van der Waals surface area contributed by atoms with Crippen LogP contribution in [0.2, 0.25) is 0 Å². The van der Waals surface area contributed by atoms with Crippen LogP contribution in [0.4, 0.5) is 0 Å². The van der Waals surface area contributed by atoms with Crippen LogP contribution in [0.3, 0.4) is 0 Å². The number of carbonyl (C=O) groups excluding carboxylic acids is 2. The van der Waals surface area contributed by atoms with Crippen molar-refractivity contribution >= 4 is 11.8 Å². The molecule has 0 radical (unpaired) electrons. The Bertz CT molecular complexity index is 541. The van der Waals surface area contributed by atoms with E-state index in [0.29, 0.717) is 5.75 Å². The van der Waals surface area contributed by atoms with Crippen LogP contribution in [0, 0.1) is 5.41 Å². The quantitative estimate of drug-likeness (QED) is 0.333. The number of unbranched alkanes of at least 4 members (excludes halogenated alkanes) is 3. The molecular weight excluding hydrogens is 292 g/mol. The van der Waals surface area contributed by atoms with Gasteiger partial charge in [0, 0.05) is 11.5 Å². The highest BCUT2D eigenvalue weighted by molar-refractivity contribution is 5.98. The standard InChI is InChI=1S/C19H28O4/c1-5-6-7-8-9-14-10-11-15(20)12-16(14)23-18(22)13-17(21)19(2,3)4/h10-12,20H,5-9,13H2,1-4H3. The van der Waals surface area contributed by atoms with E-state index in [1.807, 2.05) is 0 Å². The predicted octanol–water partition coefficient (Wildman–Crippen LogP) is 4.43. The second kappa shape index (κ2) is 8.70. The van der Waals surface area contributed by atoms with E-state index in [4.69, 9.17) is 4.74 Å². The summed E-state index contributed by atoms with van der Waals surface area (Å²) < 4.78 is 5.33. The lowest BCUT2D eigenvalue weighted by Gasteiger charge is -2.16. The highest BCUT2D eigenvalue weighted by atomic mass is 16.5. The number of carbonyl (C=O) groups is 2. The number of phenolic OH excluding ortho intramolecular Hbond substituents is 1. The van der Waals surface area contributed by atoms with Crippen molar-refractivity contribution in [1.29, 1.82) is 0 Å². The number of ketones is 1. The maximum absolute atomic E-state index is 12.0. The summed E-state index contributed by atoms with van der Waals surface area (Å²) in [5, 5.41) is 9.61. The number of Topliss-reactive ketones (excluding diaryl/α,β-unsaturated/α-hetero) is 1. The van der Waals surface area contributed by atoms with E-state index in [9.17, 15) is 14.7 Å². The summed E-state index contributed by atoms with van der Waals surface area (Å²) in [5.74, 6) is -0.335. The molecule has 0 aliphatic heterocycles. The molecule has 0 aliphatic carbocycles. The second-order valence-electron chi connectivity index (χ2n) is 6.93. The number of phenols is 1. The van der Waals surface area contributed by atoms with Gasteiger partial charge < -0.3 is 9.84 Å². The zero-order chi connectivity index (χ0) is 17.5. The van der Waals surface area contributed by atoms with Crippen molar-refractivity contribution in [1.82, 2.24) is 0 Å². The summed E-state index contributed by atoms with van der Waals surface area (Å²) in [4.78, 5) is 23.9. The van der Waals surface area contributed by atoms with Crippen molar-refractivity contribution in [2.75, 3.05) is 0 Å². The van der Waals surface area contributed by atoms with Gasteiger partial charge in [0.2, 0.25) is 0 Å². The van der Waals surface area contributed by atoms with E-state index in [1.54, 1.807) is 32.9 Å². The van der Waals surface area contributed by atoms with Gasteiger partial charge in [-0.2, -0.15) is 0 Å². The van der Waals surface area contributed by atoms with Gasteiger partial charge in [0.05, 0.1) is 0 Å². The molecule has 4 heteroatoms. The average Bonchev–Trinajstić information content (AvgIpc) is 2.44. The molecule has 1 N–H and O–H groups in total. The van der Waals surface area contributed by atoms with E-state index < -0.39 is 11.4 Å². The molecule has 1 aromatic rings. The molecule has 1 rings (SSSR count). The van der Waals surface area contributed by atoms with E-state index in [1.165, 1.54) is 12.5 Å². The van der Waals surface area contributed by atoms with Gasteiger partial charge in [0.25, 0.3) is 0 Å². The zero-order valence-electron chi connectivity index (χ0n) is 14.6. The molecule has 0 saturated heterocycles. The van der Waals surface area contributed by atoms with Crippen LogP contribution in [0.1, 0.15) is 65.4 Å². The minimum absolute atomic E-state index is 0.0484. The van der Waals surface area contributed by atoms with Crippen LogP contribution in [0.15, 0.2) is 18.2 Å². The zero-order valence-corrected chi connectivity index (χ0v) is 14.6. The molecule has 0 saturated carbocycles. The fourth-order valence-electron chi connectivity index (χ4n) is 2.14. The monoisotopic (exact) mass is 320 g/mol. The lowest BCUT2D eigenvalue weighted by atomic mass is 9.89. The fourth-order valence-corrected chi connectivity index (χ4v) is 2.14. The number of aromatic hydroxyl groups is 1. The number of aryl methyl sites for hydroxylation is 1. The minimum Gasteiger partial charge on any atom is -0.508 e. The van der Waals surface area contributed by atoms with Crippen molar-refractivity contribution < 1.29 is 19.4 Å². The largest absolute Gasteiger partial charge is 0.508 e. The number of benzene rings is 1. The number of hydrogen-bond donors (Lipinski definition) is 1. The summed E-state index contributed by atoms with van der Waals surface area (Å²) in [7, 11) is 0. The van der Waals surface area contributed by atoms with Crippen molar-refractivity contribution in [3.05, 3.63) is 23.8 Å². The summed E-state index contributed by atoms with van der Waals surface area (Å²) >= 11 is 0. The summed E-state index contributed by atoms with van der Waals surface area (Å²) in [5.41, 5.74) is 0.316. The molecule has 4 nitrogen and oxygen atoms in total. The number of rotatable bonds is 8. The summed E-state index contributed by atoms with van der Waals surface area (Å²) in [6.07, 6.45) is 4.99. The topological polar surface area (TPSA) is 63.6 Å². The summed E-state index contributed by atoms with van der Waals surface area (Å²) in [6.45, 7) is 7.47. The van der Waals surface area contributed by atoms with Gasteiger partial charge in [0.1, 0.15) is 23.7 Å². The minimum atomic E-state index is -0.578. The molecule has 0 aliphatic rings. The number of esters is 1. The normalized spacial score (nSPS) is 11.3. The molecule has 1 aromatic carbocycles. The van der Waals surface area contributed by atoms with Crippen LogP contribution in [-0.2, 0) is 16.0 Å². The Morgan fingerprint density at radius 2 is 1.83 bits per heavy atom. The van der Waals surface area contributed by atoms with Crippen LogP contribution < -0.4 is 4.74 Å². The van der Waals surface area contributed by atoms with Gasteiger partial charge >= 0.3 is 5.97 Å². The Kier molecular flexibility index (Phi) is 7.27. The Labute approximate surface area is 138 Å². The van der Waals surface area contributed by atoms with Gasteiger partial charge in [-0.1, -0.05) is 53.0 Å². The Balaban J connectivity index is 2.72. The maximum atomic E-state index is 12.0. The molecule has 0 atom stereocenters. The predicted molar refractivity (Wildman–Crippen MR) is 90.7 cm³/mol. The van der Waals surface area contributed by atoms with Crippen LogP contribution in [0.5, 0.6) is 11.5 Å². The highest BCUT2D eigenvalue weighted by Crippen LogP contribution is 2.27. The van der Waals surface area contributed by atoms with E-state index in [2.05, 4.69) is 6.92 Å². The smallest absolute Gasteiger partial charge is 0.318 e. The first kappa shape index (κ1) is 19.2. The molecular formula is C19H28O4. The average molecular weight is 320 g/mol. The first-order chi connectivity index (χ1) is 10.7. The van der Waals surface area contributed by atoms with Crippen LogP contribution in [0.25, 0.3) is 0 Å². The number of hydrogen-bond acceptors (Lipinski definition) is 4. The van der Waals surface area contributed by atoms with Crippen LogP contribution >= 0.6 is 0 Å². The van der Waals surface area contributed by atoms with Gasteiger partial charge in [-0.3, -0.25) is 9.59 Å². The molecule has 0 spiro atoms. The van der Waals surface area contributed by atoms with Gasteiger partial charge in [0.15, 0.2) is 0 Å². The van der Waals surface area contributed by atoms with E-state index >= 15 is 0 Å². The first-order valence-corrected chi connectivity index (χ1v) is 8.30. The van der Waals surface area contributed by atoms with Gasteiger partial charge in [-0.05, 0) is 24.5 Å². The molecule has 0 amide bonds. The maximum Gasteiger partial charge on any atom is 0.318 e. The first-order valence-electron chi connectivity index (χ1n) is 8.30. The molecule has 0 fully saturated rings. The van der Waals surface area contributed by atoms with Crippen LogP contribution in [-0.4, -0.2) is 16.9 Å². The third kappa shape index (κ3) is 6.85. The number of ether oxygens (including phenoxy) is 1. The Morgan fingerprint density at radius 1 is 1.13 bits per heavy atom.